The second-order valence-electron chi connectivity index (χ2n) is 16.2. The monoisotopic (exact) mass is 848 g/mol. The van der Waals surface area contributed by atoms with Gasteiger partial charge in [0.15, 0.2) is 0 Å². The predicted octanol–water partition coefficient (Wildman–Crippen LogP) is 11.4. The van der Waals surface area contributed by atoms with Crippen molar-refractivity contribution >= 4 is 75.7 Å². The Hall–Kier alpha value is 0.940. The van der Waals surface area contributed by atoms with Gasteiger partial charge in [0.1, 0.15) is 9.98 Å². The van der Waals surface area contributed by atoms with Gasteiger partial charge in [-0.1, -0.05) is 114 Å². The number of hydrogen-bond donors (Lipinski definition) is 0. The minimum atomic E-state index is -0.467. The normalized spacial score (nSPS) is 17.2. The topological polar surface area (TPSA) is 61.9 Å². The van der Waals surface area contributed by atoms with Crippen molar-refractivity contribution in [3.05, 3.63) is 0 Å². The summed E-state index contributed by atoms with van der Waals surface area (Å²) in [7, 11) is 21.8. The molecule has 0 rings (SSSR count). The largest absolute Gasteiger partial charge is 0.385 e. The average Bonchev–Trinajstić information content (AvgIpc) is 3.09. The molecule has 0 N–H and O–H groups in total. The van der Waals surface area contributed by atoms with Gasteiger partial charge in [0, 0.05) is 69.0 Å². The van der Waals surface area contributed by atoms with Crippen LogP contribution in [0.3, 0.4) is 0 Å². The summed E-state index contributed by atoms with van der Waals surface area (Å²) >= 11 is 12.9. The van der Waals surface area contributed by atoms with Crippen molar-refractivity contribution in [3.8, 4) is 0 Å². The molecule has 8 nitrogen and oxygen atoms in total. The Labute approximate surface area is 346 Å². The van der Waals surface area contributed by atoms with Crippen LogP contribution in [0, 0.1) is 21.7 Å². The molecular formula is C38H76N2O6S6. The Kier molecular flexibility index (Phi) is 25.8. The fraction of sp³-hybridized carbons (Fsp3) is 0.947. The number of rotatable bonds is 29. The van der Waals surface area contributed by atoms with E-state index in [0.717, 1.165) is 87.4 Å². The molecule has 0 bridgehead atoms. The van der Waals surface area contributed by atoms with E-state index in [4.69, 9.17) is 53.1 Å². The molecule has 0 aromatic heterocycles. The SMILES string of the molecule is COCCCCC(C)(C(C)(C)C)C(CCCOC)(SSSSC(CCCOC)(C(=S)N(C)OC)C(C)(CCCCOC)C(C)(C)C)C(=S)N(C)OC. The van der Waals surface area contributed by atoms with Crippen molar-refractivity contribution in [1.82, 2.24) is 10.1 Å². The van der Waals surface area contributed by atoms with Gasteiger partial charge in [0.2, 0.25) is 0 Å². The lowest BCUT2D eigenvalue weighted by atomic mass is 9.57. The van der Waals surface area contributed by atoms with Gasteiger partial charge in [-0.15, -0.1) is 0 Å². The number of nitrogens with zero attached hydrogens (tertiary/aromatic N) is 2. The third-order valence-electron chi connectivity index (χ3n) is 11.6. The Morgan fingerprint density at radius 2 is 0.750 bits per heavy atom. The summed E-state index contributed by atoms with van der Waals surface area (Å²) in [5.74, 6) is 0. The zero-order valence-electron chi connectivity index (χ0n) is 35.7. The van der Waals surface area contributed by atoms with E-state index in [1.807, 2.05) is 55.3 Å². The lowest BCUT2D eigenvalue weighted by Gasteiger charge is -2.57. The molecule has 0 saturated heterocycles. The number of thiocarbonyl (C=S) groups is 2. The van der Waals surface area contributed by atoms with Crippen LogP contribution >= 0.6 is 65.7 Å². The summed E-state index contributed by atoms with van der Waals surface area (Å²) < 4.78 is 21.3. The summed E-state index contributed by atoms with van der Waals surface area (Å²) in [4.78, 5) is 13.3. The summed E-state index contributed by atoms with van der Waals surface area (Å²) in [6, 6.07) is 0. The molecule has 0 heterocycles. The lowest BCUT2D eigenvalue weighted by molar-refractivity contribution is -0.0509. The first-order chi connectivity index (χ1) is 24.2. The Morgan fingerprint density at radius 3 is 1.00 bits per heavy atom. The maximum Gasteiger partial charge on any atom is 0.121 e. The van der Waals surface area contributed by atoms with E-state index in [0.29, 0.717) is 13.2 Å². The molecule has 0 fully saturated rings. The molecule has 14 heteroatoms. The van der Waals surface area contributed by atoms with E-state index in [2.05, 4.69) is 55.4 Å². The number of methoxy groups -OCH3 is 4. The van der Waals surface area contributed by atoms with Crippen molar-refractivity contribution in [2.75, 3.05) is 83.2 Å². The van der Waals surface area contributed by atoms with Gasteiger partial charge in [0.25, 0.3) is 0 Å². The molecule has 0 aliphatic rings. The zero-order valence-corrected chi connectivity index (χ0v) is 40.6. The van der Waals surface area contributed by atoms with Gasteiger partial charge in [0.05, 0.1) is 23.7 Å². The minimum Gasteiger partial charge on any atom is -0.385 e. The molecule has 4 unspecified atom stereocenters. The first kappa shape index (κ1) is 52.9. The Balaban J connectivity index is 7.39. The molecule has 0 aliphatic heterocycles. The number of ether oxygens (including phenoxy) is 4. The van der Waals surface area contributed by atoms with E-state index >= 15 is 0 Å². The van der Waals surface area contributed by atoms with Crippen LogP contribution in [-0.4, -0.2) is 113 Å². The molecule has 0 aliphatic carbocycles. The van der Waals surface area contributed by atoms with Crippen LogP contribution in [0.4, 0.5) is 0 Å². The van der Waals surface area contributed by atoms with Crippen LogP contribution in [-0.2, 0) is 28.6 Å². The zero-order chi connectivity index (χ0) is 40.3. The highest BCUT2D eigenvalue weighted by Crippen LogP contribution is 2.68. The van der Waals surface area contributed by atoms with Gasteiger partial charge in [-0.3, -0.25) is 9.68 Å². The van der Waals surface area contributed by atoms with Gasteiger partial charge in [-0.05, 0) is 92.7 Å². The highest BCUT2D eigenvalue weighted by atomic mass is 33.7. The van der Waals surface area contributed by atoms with Gasteiger partial charge < -0.3 is 18.9 Å². The van der Waals surface area contributed by atoms with Crippen molar-refractivity contribution in [2.45, 2.75) is 129 Å². The average molecular weight is 849 g/mol. The molecule has 0 radical (unpaired) electrons. The van der Waals surface area contributed by atoms with Crippen LogP contribution in [0.1, 0.15) is 120 Å². The van der Waals surface area contributed by atoms with Crippen molar-refractivity contribution in [3.63, 3.8) is 0 Å². The maximum atomic E-state index is 6.46. The molecule has 310 valence electrons. The molecular weight excluding hydrogens is 773 g/mol. The van der Waals surface area contributed by atoms with Crippen molar-refractivity contribution in [1.29, 1.82) is 0 Å². The fourth-order valence-electron chi connectivity index (χ4n) is 7.14. The fourth-order valence-corrected chi connectivity index (χ4v) is 17.9. The third-order valence-corrected chi connectivity index (χ3v) is 21.0. The minimum absolute atomic E-state index is 0.0865. The van der Waals surface area contributed by atoms with Gasteiger partial charge in [-0.25, -0.2) is 10.1 Å². The van der Waals surface area contributed by atoms with Crippen LogP contribution in [0.5, 0.6) is 0 Å². The predicted molar refractivity (Wildman–Crippen MR) is 239 cm³/mol. The highest BCUT2D eigenvalue weighted by Gasteiger charge is 2.60. The molecule has 52 heavy (non-hydrogen) atoms. The molecule has 4 atom stereocenters. The maximum absolute atomic E-state index is 6.46. The standard InChI is InChI=1S/C38H76N2O6S6/c1-33(2,3)35(7,23-17-19-27-41-11)37(25-21-29-43-13,31(47)39(9)45-15)49-51-52-50-38(26-22-30-44-14,32(48)40(10)46-16)36(8,34(4,5)6)24-18-20-28-42-12/h17-30H2,1-16H3. The number of hydroxylamine groups is 4. The van der Waals surface area contributed by atoms with E-state index in [9.17, 15) is 0 Å². The first-order valence-electron chi connectivity index (χ1n) is 18.5. The van der Waals surface area contributed by atoms with E-state index in [1.54, 1.807) is 52.8 Å². The van der Waals surface area contributed by atoms with Crippen LogP contribution < -0.4 is 0 Å². The van der Waals surface area contributed by atoms with E-state index in [1.165, 1.54) is 0 Å². The first-order valence-corrected chi connectivity index (χ1v) is 24.2. The molecule has 0 saturated carbocycles. The Bertz CT molecular complexity index is 939. The smallest absolute Gasteiger partial charge is 0.121 e. The summed E-state index contributed by atoms with van der Waals surface area (Å²) in [6.45, 7) is 21.8. The second-order valence-corrected chi connectivity index (χ2v) is 23.2. The van der Waals surface area contributed by atoms with Gasteiger partial charge >= 0.3 is 0 Å². The Morgan fingerprint density at radius 1 is 0.462 bits per heavy atom. The molecule has 0 aromatic carbocycles. The quantitative estimate of drug-likeness (QED) is 0.0311. The second kappa shape index (κ2) is 25.3. The summed E-state index contributed by atoms with van der Waals surface area (Å²) in [6.07, 6.45) is 9.47. The van der Waals surface area contributed by atoms with E-state index < -0.39 is 9.49 Å². The molecule has 0 amide bonds. The molecule has 0 aromatic rings. The summed E-state index contributed by atoms with van der Waals surface area (Å²) in [5, 5.41) is 3.59. The van der Waals surface area contributed by atoms with E-state index in [-0.39, 0.29) is 21.7 Å². The van der Waals surface area contributed by atoms with Gasteiger partial charge in [-0.2, -0.15) is 0 Å². The van der Waals surface area contributed by atoms with Crippen LogP contribution in [0.25, 0.3) is 0 Å². The molecule has 0 spiro atoms. The lowest BCUT2D eigenvalue weighted by Crippen LogP contribution is -2.59. The van der Waals surface area contributed by atoms with Crippen molar-refractivity contribution in [2.24, 2.45) is 21.7 Å². The highest BCUT2D eigenvalue weighted by molar-refractivity contribution is 9.26. The van der Waals surface area contributed by atoms with Crippen LogP contribution in [0.15, 0.2) is 0 Å². The number of hydrogen-bond acceptors (Lipinski definition) is 12. The van der Waals surface area contributed by atoms with Crippen molar-refractivity contribution < 1.29 is 28.6 Å². The third kappa shape index (κ3) is 13.8. The van der Waals surface area contributed by atoms with Crippen LogP contribution in [0.2, 0.25) is 0 Å². The summed E-state index contributed by atoms with van der Waals surface area (Å²) in [5.41, 5.74) is -0.596. The number of unbranched alkanes of at least 4 members (excludes halogenated alkanes) is 2.